The molecule has 1 aromatic heterocycles. The minimum absolute atomic E-state index is 0.334. The van der Waals surface area contributed by atoms with Crippen LogP contribution in [0.3, 0.4) is 0 Å². The molecule has 0 aliphatic carbocycles. The highest BCUT2D eigenvalue weighted by molar-refractivity contribution is 7.18. The zero-order valence-corrected chi connectivity index (χ0v) is 16.3. The van der Waals surface area contributed by atoms with Crippen molar-refractivity contribution in [3.05, 3.63) is 29.3 Å². The van der Waals surface area contributed by atoms with Crippen molar-refractivity contribution in [2.24, 2.45) is 0 Å². The summed E-state index contributed by atoms with van der Waals surface area (Å²) in [5.41, 5.74) is 0.855. The smallest absolute Gasteiger partial charge is 0.334 e. The van der Waals surface area contributed by atoms with Crippen LogP contribution in [0.2, 0.25) is 0 Å². The second-order valence-electron chi connectivity index (χ2n) is 6.64. The second kappa shape index (κ2) is 7.07. The standard InChI is InChI=1S/C18H20N4O4S/c1-10(2)22-17(25)16(24)21(18(22)26)9-14(23)20(4)11(3)15-19-12-7-5-6-8-13(12)27-15/h5-8,10-11H,9H2,1-4H3/t11-/m1/s1. The Morgan fingerprint density at radius 3 is 2.41 bits per heavy atom. The maximum absolute atomic E-state index is 12.6. The van der Waals surface area contributed by atoms with Gasteiger partial charge < -0.3 is 4.90 Å². The number of imide groups is 2. The van der Waals surface area contributed by atoms with Gasteiger partial charge >= 0.3 is 17.8 Å². The van der Waals surface area contributed by atoms with Crippen molar-refractivity contribution in [1.82, 2.24) is 19.7 Å². The highest BCUT2D eigenvalue weighted by atomic mass is 32.1. The van der Waals surface area contributed by atoms with Crippen molar-refractivity contribution in [3.8, 4) is 0 Å². The Kier molecular flexibility index (Phi) is 4.97. The lowest BCUT2D eigenvalue weighted by molar-refractivity contribution is -0.145. The van der Waals surface area contributed by atoms with E-state index in [0.717, 1.165) is 20.1 Å². The van der Waals surface area contributed by atoms with E-state index in [-0.39, 0.29) is 6.04 Å². The Morgan fingerprint density at radius 2 is 1.81 bits per heavy atom. The molecule has 1 aromatic carbocycles. The number of hydrogen-bond acceptors (Lipinski definition) is 6. The molecule has 1 aliphatic heterocycles. The number of likely N-dealkylation sites (N-methyl/N-ethyl adjacent to an activating group) is 1. The van der Waals surface area contributed by atoms with E-state index in [1.807, 2.05) is 31.2 Å². The third kappa shape index (κ3) is 3.30. The van der Waals surface area contributed by atoms with Gasteiger partial charge in [-0.25, -0.2) is 14.7 Å². The fourth-order valence-corrected chi connectivity index (χ4v) is 3.88. The quantitative estimate of drug-likeness (QED) is 0.577. The molecule has 2 heterocycles. The summed E-state index contributed by atoms with van der Waals surface area (Å²) in [5.74, 6) is -2.31. The Labute approximate surface area is 160 Å². The summed E-state index contributed by atoms with van der Waals surface area (Å²) in [6.07, 6.45) is 0. The fourth-order valence-electron chi connectivity index (χ4n) is 2.81. The van der Waals surface area contributed by atoms with Crippen LogP contribution in [0, 0.1) is 0 Å². The SMILES string of the molecule is CC(C)N1C(=O)C(=O)N(CC(=O)N(C)[C@H](C)c2nc3ccccc3s2)C1=O. The van der Waals surface area contributed by atoms with E-state index in [1.54, 1.807) is 20.9 Å². The minimum atomic E-state index is -0.969. The van der Waals surface area contributed by atoms with Crippen molar-refractivity contribution in [2.45, 2.75) is 32.9 Å². The number of urea groups is 1. The van der Waals surface area contributed by atoms with Gasteiger partial charge in [0.25, 0.3) is 0 Å². The summed E-state index contributed by atoms with van der Waals surface area (Å²) in [5, 5.41) is 0.756. The molecule has 3 rings (SSSR count). The third-order valence-corrected chi connectivity index (χ3v) is 5.74. The van der Waals surface area contributed by atoms with E-state index >= 15 is 0 Å². The molecule has 1 saturated heterocycles. The molecule has 27 heavy (non-hydrogen) atoms. The molecule has 1 atom stereocenters. The lowest BCUT2D eigenvalue weighted by Gasteiger charge is -2.25. The zero-order valence-electron chi connectivity index (χ0n) is 15.5. The van der Waals surface area contributed by atoms with Crippen LogP contribution in [0.15, 0.2) is 24.3 Å². The highest BCUT2D eigenvalue weighted by Gasteiger charge is 2.46. The predicted molar refractivity (Wildman–Crippen MR) is 99.9 cm³/mol. The molecule has 0 bridgehead atoms. The molecule has 0 saturated carbocycles. The average molecular weight is 388 g/mol. The fraction of sp³-hybridized carbons (Fsp3) is 0.389. The van der Waals surface area contributed by atoms with Crippen LogP contribution >= 0.6 is 11.3 Å². The van der Waals surface area contributed by atoms with Gasteiger partial charge in [-0.3, -0.25) is 19.3 Å². The molecule has 5 amide bonds. The lowest BCUT2D eigenvalue weighted by Crippen LogP contribution is -2.43. The number of nitrogens with zero attached hydrogens (tertiary/aromatic N) is 4. The van der Waals surface area contributed by atoms with E-state index in [2.05, 4.69) is 4.98 Å². The van der Waals surface area contributed by atoms with Gasteiger partial charge in [0.2, 0.25) is 5.91 Å². The summed E-state index contributed by atoms with van der Waals surface area (Å²) in [7, 11) is 1.59. The van der Waals surface area contributed by atoms with E-state index < -0.39 is 36.3 Å². The molecule has 9 heteroatoms. The Bertz CT molecular complexity index is 905. The Morgan fingerprint density at radius 1 is 1.15 bits per heavy atom. The molecule has 1 fully saturated rings. The first-order chi connectivity index (χ1) is 12.7. The van der Waals surface area contributed by atoms with Gasteiger partial charge in [0.05, 0.1) is 16.3 Å². The van der Waals surface area contributed by atoms with Crippen LogP contribution < -0.4 is 0 Å². The summed E-state index contributed by atoms with van der Waals surface area (Å²) < 4.78 is 1.02. The molecular weight excluding hydrogens is 368 g/mol. The number of benzene rings is 1. The first kappa shape index (κ1) is 19.0. The molecule has 0 N–H and O–H groups in total. The zero-order chi connectivity index (χ0) is 19.9. The van der Waals surface area contributed by atoms with Crippen molar-refractivity contribution in [2.75, 3.05) is 13.6 Å². The number of thiazole rings is 1. The van der Waals surface area contributed by atoms with Crippen LogP contribution in [-0.2, 0) is 14.4 Å². The number of carbonyl (C=O) groups excluding carboxylic acids is 4. The first-order valence-electron chi connectivity index (χ1n) is 8.52. The average Bonchev–Trinajstić information content (AvgIpc) is 3.15. The van der Waals surface area contributed by atoms with Crippen molar-refractivity contribution in [1.29, 1.82) is 0 Å². The largest absolute Gasteiger partial charge is 0.335 e. The molecule has 8 nitrogen and oxygen atoms in total. The summed E-state index contributed by atoms with van der Waals surface area (Å²) in [6.45, 7) is 4.62. The van der Waals surface area contributed by atoms with Gasteiger partial charge in [0.15, 0.2) is 0 Å². The van der Waals surface area contributed by atoms with Crippen LogP contribution in [0.25, 0.3) is 10.2 Å². The molecule has 2 aromatic rings. The second-order valence-corrected chi connectivity index (χ2v) is 7.71. The van der Waals surface area contributed by atoms with Crippen LogP contribution in [-0.4, -0.2) is 63.1 Å². The van der Waals surface area contributed by atoms with E-state index in [1.165, 1.54) is 16.2 Å². The lowest BCUT2D eigenvalue weighted by atomic mass is 10.3. The highest BCUT2D eigenvalue weighted by Crippen LogP contribution is 2.29. The number of hydrogen-bond donors (Lipinski definition) is 0. The third-order valence-electron chi connectivity index (χ3n) is 4.54. The van der Waals surface area contributed by atoms with E-state index in [4.69, 9.17) is 0 Å². The molecule has 0 radical (unpaired) electrons. The molecular formula is C18H20N4O4S. The normalized spacial score (nSPS) is 16.0. The molecule has 0 spiro atoms. The predicted octanol–water partition coefficient (Wildman–Crippen LogP) is 2.01. The Hall–Kier alpha value is -2.81. The van der Waals surface area contributed by atoms with Gasteiger partial charge in [0.1, 0.15) is 11.6 Å². The van der Waals surface area contributed by atoms with E-state index in [9.17, 15) is 19.2 Å². The molecule has 0 unspecified atom stereocenters. The maximum Gasteiger partial charge on any atom is 0.334 e. The first-order valence-corrected chi connectivity index (χ1v) is 9.34. The van der Waals surface area contributed by atoms with Crippen LogP contribution in [0.1, 0.15) is 31.8 Å². The number of aromatic nitrogens is 1. The van der Waals surface area contributed by atoms with Crippen molar-refractivity contribution in [3.63, 3.8) is 0 Å². The number of carbonyl (C=O) groups is 4. The summed E-state index contributed by atoms with van der Waals surface area (Å²) in [6, 6.07) is 6.14. The molecule has 142 valence electrons. The van der Waals surface area contributed by atoms with Crippen LogP contribution in [0.5, 0.6) is 0 Å². The van der Waals surface area contributed by atoms with Gasteiger partial charge in [-0.05, 0) is 32.9 Å². The topological polar surface area (TPSA) is 90.9 Å². The van der Waals surface area contributed by atoms with Crippen molar-refractivity contribution < 1.29 is 19.2 Å². The molecule has 1 aliphatic rings. The Balaban J connectivity index is 1.74. The minimum Gasteiger partial charge on any atom is -0.335 e. The number of para-hydroxylation sites is 1. The monoisotopic (exact) mass is 388 g/mol. The van der Waals surface area contributed by atoms with Crippen molar-refractivity contribution >= 4 is 45.3 Å². The van der Waals surface area contributed by atoms with Gasteiger partial charge in [0, 0.05) is 13.1 Å². The summed E-state index contributed by atoms with van der Waals surface area (Å²) >= 11 is 1.48. The summed E-state index contributed by atoms with van der Waals surface area (Å²) in [4.78, 5) is 56.5. The number of fused-ring (bicyclic) bond motifs is 1. The maximum atomic E-state index is 12.6. The van der Waals surface area contributed by atoms with Gasteiger partial charge in [-0.15, -0.1) is 11.3 Å². The number of amides is 5. The van der Waals surface area contributed by atoms with E-state index in [0.29, 0.717) is 4.90 Å². The number of rotatable bonds is 5. The van der Waals surface area contributed by atoms with Crippen LogP contribution in [0.4, 0.5) is 4.79 Å². The van der Waals surface area contributed by atoms with Gasteiger partial charge in [-0.1, -0.05) is 12.1 Å². The van der Waals surface area contributed by atoms with Gasteiger partial charge in [-0.2, -0.15) is 0 Å².